The molecule has 0 amide bonds. The van der Waals surface area contributed by atoms with Crippen molar-refractivity contribution in [1.82, 2.24) is 9.97 Å². The number of hydrogen-bond donors (Lipinski definition) is 0. The molecule has 0 aromatic carbocycles. The SMILES string of the molecule is CC(C)c1ncncc1C1CC1. The monoisotopic (exact) mass is 162 g/mol. The van der Waals surface area contributed by atoms with Crippen LogP contribution in [0.3, 0.4) is 0 Å². The van der Waals surface area contributed by atoms with Gasteiger partial charge in [-0.15, -0.1) is 0 Å². The Morgan fingerprint density at radius 3 is 2.75 bits per heavy atom. The van der Waals surface area contributed by atoms with Crippen molar-refractivity contribution in [1.29, 1.82) is 0 Å². The maximum absolute atomic E-state index is 4.33. The molecule has 1 aliphatic rings. The van der Waals surface area contributed by atoms with Gasteiger partial charge in [0.2, 0.25) is 0 Å². The van der Waals surface area contributed by atoms with Gasteiger partial charge in [0.1, 0.15) is 6.33 Å². The molecule has 0 bridgehead atoms. The van der Waals surface area contributed by atoms with Crippen LogP contribution in [-0.2, 0) is 0 Å². The molecule has 64 valence electrons. The van der Waals surface area contributed by atoms with Crippen LogP contribution in [0.15, 0.2) is 12.5 Å². The van der Waals surface area contributed by atoms with Crippen LogP contribution in [0.4, 0.5) is 0 Å². The van der Waals surface area contributed by atoms with Crippen molar-refractivity contribution < 1.29 is 0 Å². The molecule has 1 heterocycles. The van der Waals surface area contributed by atoms with Crippen molar-refractivity contribution >= 4 is 0 Å². The van der Waals surface area contributed by atoms with E-state index in [0.717, 1.165) is 5.92 Å². The average molecular weight is 162 g/mol. The van der Waals surface area contributed by atoms with Crippen molar-refractivity contribution in [2.24, 2.45) is 0 Å². The Balaban J connectivity index is 2.36. The molecule has 1 aliphatic carbocycles. The highest BCUT2D eigenvalue weighted by atomic mass is 14.8. The van der Waals surface area contributed by atoms with Gasteiger partial charge in [0.25, 0.3) is 0 Å². The topological polar surface area (TPSA) is 25.8 Å². The first-order valence-corrected chi connectivity index (χ1v) is 4.59. The fourth-order valence-electron chi connectivity index (χ4n) is 1.54. The van der Waals surface area contributed by atoms with E-state index in [1.54, 1.807) is 6.33 Å². The molecule has 0 N–H and O–H groups in total. The normalized spacial score (nSPS) is 16.9. The number of nitrogens with zero attached hydrogens (tertiary/aromatic N) is 2. The van der Waals surface area contributed by atoms with E-state index in [-0.39, 0.29) is 0 Å². The average Bonchev–Trinajstić information content (AvgIpc) is 2.87. The van der Waals surface area contributed by atoms with Crippen LogP contribution >= 0.6 is 0 Å². The van der Waals surface area contributed by atoms with Gasteiger partial charge < -0.3 is 0 Å². The fraction of sp³-hybridized carbons (Fsp3) is 0.600. The van der Waals surface area contributed by atoms with Crippen LogP contribution in [0.2, 0.25) is 0 Å². The second-order valence-electron chi connectivity index (χ2n) is 3.79. The molecule has 12 heavy (non-hydrogen) atoms. The molecule has 0 saturated heterocycles. The Labute approximate surface area is 73.1 Å². The molecule has 1 aromatic heterocycles. The zero-order valence-electron chi connectivity index (χ0n) is 7.62. The molecule has 1 fully saturated rings. The Bertz CT molecular complexity index is 256. The van der Waals surface area contributed by atoms with E-state index in [1.165, 1.54) is 24.1 Å². The first-order chi connectivity index (χ1) is 5.79. The summed E-state index contributed by atoms with van der Waals surface area (Å²) >= 11 is 0. The van der Waals surface area contributed by atoms with E-state index in [0.29, 0.717) is 5.92 Å². The maximum Gasteiger partial charge on any atom is 0.115 e. The molecule has 0 atom stereocenters. The molecule has 2 rings (SSSR count). The number of rotatable bonds is 2. The van der Waals surface area contributed by atoms with Crippen LogP contribution < -0.4 is 0 Å². The fourth-order valence-corrected chi connectivity index (χ4v) is 1.54. The highest BCUT2D eigenvalue weighted by molar-refractivity contribution is 5.27. The molecule has 0 radical (unpaired) electrons. The van der Waals surface area contributed by atoms with Gasteiger partial charge in [0.05, 0.1) is 0 Å². The van der Waals surface area contributed by atoms with Crippen LogP contribution in [-0.4, -0.2) is 9.97 Å². The Kier molecular flexibility index (Phi) is 1.83. The number of hydrogen-bond acceptors (Lipinski definition) is 2. The first kappa shape index (κ1) is 7.71. The lowest BCUT2D eigenvalue weighted by Crippen LogP contribution is -1.99. The largest absolute Gasteiger partial charge is 0.245 e. The second kappa shape index (κ2) is 2.85. The summed E-state index contributed by atoms with van der Waals surface area (Å²) in [7, 11) is 0. The summed E-state index contributed by atoms with van der Waals surface area (Å²) in [5.41, 5.74) is 2.63. The second-order valence-corrected chi connectivity index (χ2v) is 3.79. The van der Waals surface area contributed by atoms with Crippen LogP contribution in [0.25, 0.3) is 0 Å². The van der Waals surface area contributed by atoms with Gasteiger partial charge in [0, 0.05) is 11.9 Å². The Morgan fingerprint density at radius 2 is 2.17 bits per heavy atom. The van der Waals surface area contributed by atoms with Gasteiger partial charge in [-0.3, -0.25) is 0 Å². The van der Waals surface area contributed by atoms with E-state index in [1.807, 2.05) is 6.20 Å². The van der Waals surface area contributed by atoms with Crippen LogP contribution in [0.5, 0.6) is 0 Å². The highest BCUT2D eigenvalue weighted by Gasteiger charge is 2.27. The van der Waals surface area contributed by atoms with Gasteiger partial charge in [0.15, 0.2) is 0 Å². The minimum Gasteiger partial charge on any atom is -0.245 e. The molecule has 2 heteroatoms. The predicted octanol–water partition coefficient (Wildman–Crippen LogP) is 2.48. The third-order valence-electron chi connectivity index (χ3n) is 2.34. The lowest BCUT2D eigenvalue weighted by molar-refractivity contribution is 0.786. The zero-order valence-corrected chi connectivity index (χ0v) is 7.62. The highest BCUT2D eigenvalue weighted by Crippen LogP contribution is 2.42. The summed E-state index contributed by atoms with van der Waals surface area (Å²) in [5, 5.41) is 0. The van der Waals surface area contributed by atoms with E-state index >= 15 is 0 Å². The summed E-state index contributed by atoms with van der Waals surface area (Å²) in [6.45, 7) is 4.38. The molecule has 0 unspecified atom stereocenters. The molecular weight excluding hydrogens is 148 g/mol. The van der Waals surface area contributed by atoms with E-state index in [4.69, 9.17) is 0 Å². The first-order valence-electron chi connectivity index (χ1n) is 4.59. The molecule has 0 spiro atoms. The molecule has 0 aliphatic heterocycles. The van der Waals surface area contributed by atoms with Gasteiger partial charge >= 0.3 is 0 Å². The summed E-state index contributed by atoms with van der Waals surface area (Å²) in [6, 6.07) is 0. The van der Waals surface area contributed by atoms with E-state index in [9.17, 15) is 0 Å². The summed E-state index contributed by atoms with van der Waals surface area (Å²) in [6.07, 6.45) is 6.29. The molecule has 2 nitrogen and oxygen atoms in total. The van der Waals surface area contributed by atoms with Crippen molar-refractivity contribution in [3.05, 3.63) is 23.8 Å². The third kappa shape index (κ3) is 1.33. The molecular formula is C10H14N2. The van der Waals surface area contributed by atoms with Gasteiger partial charge in [-0.2, -0.15) is 0 Å². The minimum atomic E-state index is 0.531. The lowest BCUT2D eigenvalue weighted by atomic mass is 10.0. The molecule has 1 aromatic rings. The smallest absolute Gasteiger partial charge is 0.115 e. The van der Waals surface area contributed by atoms with Crippen molar-refractivity contribution in [2.45, 2.75) is 38.5 Å². The van der Waals surface area contributed by atoms with Crippen molar-refractivity contribution in [2.75, 3.05) is 0 Å². The standard InChI is InChI=1S/C10H14N2/c1-7(2)10-9(8-3-4-8)5-11-6-12-10/h5-8H,3-4H2,1-2H3. The molecule has 1 saturated carbocycles. The lowest BCUT2D eigenvalue weighted by Gasteiger charge is -2.08. The quantitative estimate of drug-likeness (QED) is 0.667. The van der Waals surface area contributed by atoms with Crippen LogP contribution in [0, 0.1) is 0 Å². The van der Waals surface area contributed by atoms with E-state index < -0.39 is 0 Å². The summed E-state index contributed by atoms with van der Waals surface area (Å²) in [5.74, 6) is 1.30. The van der Waals surface area contributed by atoms with Crippen molar-refractivity contribution in [3.63, 3.8) is 0 Å². The van der Waals surface area contributed by atoms with Gasteiger partial charge in [-0.25, -0.2) is 9.97 Å². The number of aromatic nitrogens is 2. The van der Waals surface area contributed by atoms with Crippen molar-refractivity contribution in [3.8, 4) is 0 Å². The zero-order chi connectivity index (χ0) is 8.55. The minimum absolute atomic E-state index is 0.531. The van der Waals surface area contributed by atoms with Gasteiger partial charge in [-0.05, 0) is 30.2 Å². The van der Waals surface area contributed by atoms with Gasteiger partial charge in [-0.1, -0.05) is 13.8 Å². The summed E-state index contributed by atoms with van der Waals surface area (Å²) in [4.78, 5) is 8.41. The Hall–Kier alpha value is -0.920. The Morgan fingerprint density at radius 1 is 1.42 bits per heavy atom. The summed E-state index contributed by atoms with van der Waals surface area (Å²) < 4.78 is 0. The predicted molar refractivity (Wildman–Crippen MR) is 48.1 cm³/mol. The van der Waals surface area contributed by atoms with E-state index in [2.05, 4.69) is 23.8 Å². The third-order valence-corrected chi connectivity index (χ3v) is 2.34. The van der Waals surface area contributed by atoms with Crippen LogP contribution in [0.1, 0.15) is 49.8 Å². The maximum atomic E-state index is 4.33.